The molecule has 2 atom stereocenters. The Labute approximate surface area is 526 Å². The van der Waals surface area contributed by atoms with Crippen LogP contribution in [0.15, 0.2) is 72.9 Å². The van der Waals surface area contributed by atoms with Gasteiger partial charge in [-0.1, -0.05) is 356 Å². The molecular formula is C75H138NO8P. The molecule has 0 heterocycles. The first kappa shape index (κ1) is 82.5. The zero-order chi connectivity index (χ0) is 61.6. The van der Waals surface area contributed by atoms with Gasteiger partial charge in [-0.2, -0.15) is 0 Å². The Morgan fingerprint density at radius 1 is 0.365 bits per heavy atom. The molecule has 0 saturated carbocycles. The van der Waals surface area contributed by atoms with Crippen LogP contribution >= 0.6 is 7.82 Å². The average Bonchev–Trinajstić information content (AvgIpc) is 3.52. The molecule has 0 aliphatic heterocycles. The molecule has 496 valence electrons. The van der Waals surface area contributed by atoms with Crippen LogP contribution in [0, 0.1) is 0 Å². The minimum Gasteiger partial charge on any atom is -0.462 e. The van der Waals surface area contributed by atoms with E-state index in [-0.39, 0.29) is 38.6 Å². The Kier molecular flexibility index (Phi) is 68.4. The second-order valence-corrected chi connectivity index (χ2v) is 25.9. The average molecular weight is 1210 g/mol. The van der Waals surface area contributed by atoms with Crippen LogP contribution in [0.5, 0.6) is 0 Å². The van der Waals surface area contributed by atoms with Crippen LogP contribution in [0.2, 0.25) is 0 Å². The van der Waals surface area contributed by atoms with Crippen molar-refractivity contribution in [3.8, 4) is 0 Å². The van der Waals surface area contributed by atoms with Crippen molar-refractivity contribution in [1.82, 2.24) is 0 Å². The Hall–Kier alpha value is -2.55. The smallest absolute Gasteiger partial charge is 0.462 e. The van der Waals surface area contributed by atoms with E-state index in [4.69, 9.17) is 24.3 Å². The molecule has 0 aromatic heterocycles. The Morgan fingerprint density at radius 2 is 0.647 bits per heavy atom. The summed E-state index contributed by atoms with van der Waals surface area (Å²) in [6.45, 7) is 3.69. The van der Waals surface area contributed by atoms with E-state index in [0.717, 1.165) is 77.0 Å². The molecule has 0 aromatic rings. The molecular weight excluding hydrogens is 1070 g/mol. The number of phosphoric ester groups is 1. The number of esters is 2. The predicted molar refractivity (Wildman–Crippen MR) is 367 cm³/mol. The van der Waals surface area contributed by atoms with Gasteiger partial charge in [0.25, 0.3) is 0 Å². The van der Waals surface area contributed by atoms with Crippen LogP contribution in [-0.2, 0) is 32.7 Å². The van der Waals surface area contributed by atoms with Gasteiger partial charge in [0.1, 0.15) is 6.61 Å². The van der Waals surface area contributed by atoms with E-state index in [9.17, 15) is 19.0 Å². The maximum Gasteiger partial charge on any atom is 0.472 e. The van der Waals surface area contributed by atoms with Crippen molar-refractivity contribution in [3.05, 3.63) is 72.9 Å². The van der Waals surface area contributed by atoms with Crippen LogP contribution < -0.4 is 5.73 Å². The summed E-state index contributed by atoms with van der Waals surface area (Å²) in [4.78, 5) is 35.4. The lowest BCUT2D eigenvalue weighted by Gasteiger charge is -2.19. The first-order valence-electron chi connectivity index (χ1n) is 36.4. The summed E-state index contributed by atoms with van der Waals surface area (Å²) in [6.07, 6.45) is 93.0. The highest BCUT2D eigenvalue weighted by Crippen LogP contribution is 2.43. The van der Waals surface area contributed by atoms with Gasteiger partial charge >= 0.3 is 19.8 Å². The van der Waals surface area contributed by atoms with Crippen LogP contribution in [0.1, 0.15) is 361 Å². The van der Waals surface area contributed by atoms with E-state index in [1.807, 2.05) is 0 Å². The molecule has 0 radical (unpaired) electrons. The maximum atomic E-state index is 12.8. The van der Waals surface area contributed by atoms with E-state index in [0.29, 0.717) is 6.42 Å². The monoisotopic (exact) mass is 1210 g/mol. The number of allylic oxidation sites excluding steroid dienone is 12. The fraction of sp³-hybridized carbons (Fsp3) is 0.813. The summed E-state index contributed by atoms with van der Waals surface area (Å²) in [5.74, 6) is -0.815. The molecule has 0 saturated heterocycles. The quantitative estimate of drug-likeness (QED) is 0.0264. The molecule has 85 heavy (non-hydrogen) atoms. The van der Waals surface area contributed by atoms with Gasteiger partial charge in [-0.25, -0.2) is 4.57 Å². The third kappa shape index (κ3) is 70.4. The standard InChI is InChI=1S/C75H138NO8P/c1-3-5-7-9-11-13-15-17-19-21-23-25-27-29-31-33-35-36-38-39-41-43-45-47-49-51-53-55-57-59-61-63-65-67-74(77)81-71-73(72-83-85(79,80)82-70-69-76)84-75(78)68-66-64-62-60-58-56-54-52-50-48-46-44-42-40-37-34-32-30-28-26-24-22-20-18-16-14-12-10-8-6-4-2/h6,8,12,14,18,20,24,26,30,32,37,40,73H,3-5,7,9-11,13,15-17,19,21-23,25,27-29,31,33-36,38-39,41-72,76H2,1-2H3,(H,79,80)/b8-6-,14-12-,20-18-,26-24-,32-30-,40-37-. The summed E-state index contributed by atoms with van der Waals surface area (Å²) in [5.41, 5.74) is 5.41. The normalized spacial score (nSPS) is 13.3. The maximum absolute atomic E-state index is 12.8. The van der Waals surface area contributed by atoms with Crippen LogP contribution in [-0.4, -0.2) is 49.3 Å². The summed E-state index contributed by atoms with van der Waals surface area (Å²) < 4.78 is 33.2. The molecule has 3 N–H and O–H groups in total. The molecule has 10 heteroatoms. The molecule has 2 unspecified atom stereocenters. The fourth-order valence-electron chi connectivity index (χ4n) is 10.8. The van der Waals surface area contributed by atoms with Crippen molar-refractivity contribution >= 4 is 19.8 Å². The molecule has 0 aliphatic rings. The van der Waals surface area contributed by atoms with E-state index >= 15 is 0 Å². The van der Waals surface area contributed by atoms with Gasteiger partial charge in [0.05, 0.1) is 13.2 Å². The summed E-state index contributed by atoms with van der Waals surface area (Å²) in [5, 5.41) is 0. The molecule has 0 amide bonds. The largest absolute Gasteiger partial charge is 0.472 e. The molecule has 0 rings (SSSR count). The molecule has 0 aliphatic carbocycles. The molecule has 9 nitrogen and oxygen atoms in total. The van der Waals surface area contributed by atoms with Crippen molar-refractivity contribution in [1.29, 1.82) is 0 Å². The number of ether oxygens (including phenoxy) is 2. The van der Waals surface area contributed by atoms with Gasteiger partial charge in [0.2, 0.25) is 0 Å². The van der Waals surface area contributed by atoms with E-state index in [1.54, 1.807) is 0 Å². The first-order valence-corrected chi connectivity index (χ1v) is 37.9. The number of carbonyl (C=O) groups is 2. The number of hydrogen-bond acceptors (Lipinski definition) is 8. The lowest BCUT2D eigenvalue weighted by molar-refractivity contribution is -0.161. The number of hydrogen-bond donors (Lipinski definition) is 2. The van der Waals surface area contributed by atoms with E-state index in [1.165, 1.54) is 250 Å². The van der Waals surface area contributed by atoms with E-state index < -0.39 is 26.5 Å². The fourth-order valence-corrected chi connectivity index (χ4v) is 11.5. The van der Waals surface area contributed by atoms with Gasteiger partial charge in [0.15, 0.2) is 6.10 Å². The lowest BCUT2D eigenvalue weighted by atomic mass is 10.0. The molecule has 0 fully saturated rings. The minimum absolute atomic E-state index is 0.0526. The summed E-state index contributed by atoms with van der Waals surface area (Å²) >= 11 is 0. The number of phosphoric acid groups is 1. The van der Waals surface area contributed by atoms with Crippen LogP contribution in [0.25, 0.3) is 0 Å². The first-order chi connectivity index (χ1) is 41.8. The highest BCUT2D eigenvalue weighted by Gasteiger charge is 2.26. The topological polar surface area (TPSA) is 134 Å². The van der Waals surface area contributed by atoms with Crippen LogP contribution in [0.3, 0.4) is 0 Å². The second-order valence-electron chi connectivity index (χ2n) is 24.4. The van der Waals surface area contributed by atoms with Gasteiger partial charge in [-0.15, -0.1) is 0 Å². The van der Waals surface area contributed by atoms with Crippen molar-refractivity contribution in [3.63, 3.8) is 0 Å². The van der Waals surface area contributed by atoms with Gasteiger partial charge in [-0.05, 0) is 64.2 Å². The minimum atomic E-state index is -4.40. The number of nitrogens with two attached hydrogens (primary N) is 1. The number of rotatable bonds is 69. The van der Waals surface area contributed by atoms with Crippen LogP contribution in [0.4, 0.5) is 0 Å². The third-order valence-electron chi connectivity index (χ3n) is 16.1. The van der Waals surface area contributed by atoms with Gasteiger partial charge < -0.3 is 20.1 Å². The van der Waals surface area contributed by atoms with Crippen molar-refractivity contribution in [2.75, 3.05) is 26.4 Å². The molecule has 0 bridgehead atoms. The Morgan fingerprint density at radius 3 is 0.965 bits per heavy atom. The summed E-state index contributed by atoms with van der Waals surface area (Å²) in [7, 11) is -4.40. The lowest BCUT2D eigenvalue weighted by Crippen LogP contribution is -2.29. The predicted octanol–water partition coefficient (Wildman–Crippen LogP) is 24.0. The van der Waals surface area contributed by atoms with Crippen molar-refractivity contribution in [2.45, 2.75) is 367 Å². The summed E-state index contributed by atoms with van der Waals surface area (Å²) in [6, 6.07) is 0. The molecule has 0 aromatic carbocycles. The number of unbranched alkanes of at least 4 members (excludes halogenated alkanes) is 44. The van der Waals surface area contributed by atoms with Crippen molar-refractivity contribution < 1.29 is 37.6 Å². The van der Waals surface area contributed by atoms with Crippen molar-refractivity contribution in [2.24, 2.45) is 5.73 Å². The van der Waals surface area contributed by atoms with Gasteiger partial charge in [0, 0.05) is 19.4 Å². The second kappa shape index (κ2) is 70.5. The Balaban J connectivity index is 3.83. The van der Waals surface area contributed by atoms with E-state index in [2.05, 4.69) is 86.8 Å². The third-order valence-corrected chi connectivity index (χ3v) is 17.1. The zero-order valence-corrected chi connectivity index (χ0v) is 56.7. The highest BCUT2D eigenvalue weighted by atomic mass is 31.2. The zero-order valence-electron chi connectivity index (χ0n) is 55.8. The highest BCUT2D eigenvalue weighted by molar-refractivity contribution is 7.47. The number of carbonyl (C=O) groups excluding carboxylic acids is 2. The SMILES string of the molecule is CC/C=C\C/C=C\C/C=C\C/C=C\C/C=C\C/C=C\CCCCCCCCCCCCCCC(=O)OC(COC(=O)CCCCCCCCCCCCCCCCCCCCCCCCCCCCCCCCCCC)COP(=O)(O)OCCN. The van der Waals surface area contributed by atoms with Gasteiger partial charge in [-0.3, -0.25) is 18.6 Å². The molecule has 0 spiro atoms. The Bertz CT molecular complexity index is 1620.